The highest BCUT2D eigenvalue weighted by molar-refractivity contribution is 7.90. The fourth-order valence-electron chi connectivity index (χ4n) is 1.96. The Bertz CT molecular complexity index is 938. The Labute approximate surface area is 144 Å². The summed E-state index contributed by atoms with van der Waals surface area (Å²) in [5.74, 6) is -0.590. The van der Waals surface area contributed by atoms with Gasteiger partial charge < -0.3 is 5.32 Å². The molecule has 1 amide bonds. The maximum atomic E-state index is 12.3. The molecule has 1 heterocycles. The van der Waals surface area contributed by atoms with E-state index >= 15 is 0 Å². The topological polar surface area (TPSA) is 98.1 Å². The van der Waals surface area contributed by atoms with E-state index in [4.69, 9.17) is 11.6 Å². The van der Waals surface area contributed by atoms with E-state index in [1.165, 1.54) is 35.0 Å². The molecule has 7 nitrogen and oxygen atoms in total. The lowest BCUT2D eigenvalue weighted by Crippen LogP contribution is -2.26. The van der Waals surface area contributed by atoms with Crippen molar-refractivity contribution in [2.45, 2.75) is 24.8 Å². The Morgan fingerprint density at radius 1 is 1.29 bits per heavy atom. The molecule has 0 radical (unpaired) electrons. The first-order chi connectivity index (χ1) is 11.2. The third kappa shape index (κ3) is 4.21. The summed E-state index contributed by atoms with van der Waals surface area (Å²) in [6.07, 6.45) is 1.75. The van der Waals surface area contributed by atoms with Crippen LogP contribution in [-0.2, 0) is 16.4 Å². The number of aromatic nitrogens is 2. The smallest absolute Gasteiger partial charge is 0.276 e. The summed E-state index contributed by atoms with van der Waals surface area (Å²) in [5.41, 5.74) is -0.117. The lowest BCUT2D eigenvalue weighted by atomic mass is 10.3. The molecule has 0 atom stereocenters. The summed E-state index contributed by atoms with van der Waals surface area (Å²) in [5, 5.41) is 6.70. The molecule has 0 aliphatic rings. The largest absolute Gasteiger partial charge is 0.319 e. The lowest BCUT2D eigenvalue weighted by Gasteiger charge is -2.09. The van der Waals surface area contributed by atoms with Crippen molar-refractivity contribution in [3.63, 3.8) is 0 Å². The van der Waals surface area contributed by atoms with Gasteiger partial charge in [-0.25, -0.2) is 13.1 Å². The van der Waals surface area contributed by atoms with E-state index in [-0.39, 0.29) is 26.9 Å². The van der Waals surface area contributed by atoms with Crippen molar-refractivity contribution in [3.8, 4) is 0 Å². The molecule has 0 spiro atoms. The predicted octanol–water partition coefficient (Wildman–Crippen LogP) is 1.96. The number of carbonyl (C=O) groups is 1. The SMILES string of the molecule is CCCn1nc(C(=O)Nc2cc(S(C)(=O)=O)ccc2Cl)ccc1=O. The zero-order valence-electron chi connectivity index (χ0n) is 13.1. The zero-order chi connectivity index (χ0) is 17.9. The number of sulfone groups is 1. The molecular formula is C15H16ClN3O4S. The Morgan fingerprint density at radius 2 is 2.00 bits per heavy atom. The number of halogens is 1. The predicted molar refractivity (Wildman–Crippen MR) is 91.3 cm³/mol. The number of hydrogen-bond donors (Lipinski definition) is 1. The fraction of sp³-hybridized carbons (Fsp3) is 0.267. The van der Waals surface area contributed by atoms with E-state index in [1.54, 1.807) is 0 Å². The third-order valence-corrected chi connectivity index (χ3v) is 4.59. The van der Waals surface area contributed by atoms with Gasteiger partial charge in [-0.1, -0.05) is 18.5 Å². The van der Waals surface area contributed by atoms with Gasteiger partial charge in [-0.3, -0.25) is 9.59 Å². The van der Waals surface area contributed by atoms with Crippen LogP contribution < -0.4 is 10.9 Å². The van der Waals surface area contributed by atoms with E-state index in [1.807, 2.05) is 6.92 Å². The molecule has 0 aliphatic heterocycles. The first-order valence-electron chi connectivity index (χ1n) is 7.11. The molecule has 0 bridgehead atoms. The Hall–Kier alpha value is -2.19. The van der Waals surface area contributed by atoms with E-state index in [0.29, 0.717) is 13.0 Å². The van der Waals surface area contributed by atoms with Gasteiger partial charge in [-0.2, -0.15) is 5.10 Å². The average Bonchev–Trinajstić information content (AvgIpc) is 2.50. The van der Waals surface area contributed by atoms with Crippen molar-refractivity contribution in [2.24, 2.45) is 0 Å². The van der Waals surface area contributed by atoms with Gasteiger partial charge >= 0.3 is 0 Å². The molecule has 2 aromatic rings. The number of hydrogen-bond acceptors (Lipinski definition) is 5. The van der Waals surface area contributed by atoms with E-state index in [0.717, 1.165) is 6.26 Å². The Balaban J connectivity index is 2.33. The van der Waals surface area contributed by atoms with Gasteiger partial charge in [0.15, 0.2) is 9.84 Å². The maximum Gasteiger partial charge on any atom is 0.276 e. The molecule has 1 aromatic carbocycles. The first-order valence-corrected chi connectivity index (χ1v) is 9.38. The summed E-state index contributed by atoms with van der Waals surface area (Å²) >= 11 is 6.00. The van der Waals surface area contributed by atoms with Gasteiger partial charge in [0.25, 0.3) is 11.5 Å². The third-order valence-electron chi connectivity index (χ3n) is 3.15. The minimum Gasteiger partial charge on any atom is -0.319 e. The van der Waals surface area contributed by atoms with E-state index in [2.05, 4.69) is 10.4 Å². The van der Waals surface area contributed by atoms with Crippen molar-refractivity contribution in [2.75, 3.05) is 11.6 Å². The fourth-order valence-corrected chi connectivity index (χ4v) is 2.77. The molecule has 0 unspecified atom stereocenters. The highest BCUT2D eigenvalue weighted by Crippen LogP contribution is 2.25. The Morgan fingerprint density at radius 3 is 2.62 bits per heavy atom. The van der Waals surface area contributed by atoms with Crippen LogP contribution in [0.3, 0.4) is 0 Å². The quantitative estimate of drug-likeness (QED) is 0.868. The minimum atomic E-state index is -3.43. The van der Waals surface area contributed by atoms with Gasteiger partial charge in [0.2, 0.25) is 0 Å². The number of nitrogens with one attached hydrogen (secondary N) is 1. The summed E-state index contributed by atoms with van der Waals surface area (Å²) in [7, 11) is -3.43. The molecule has 1 N–H and O–H groups in total. The second kappa shape index (κ2) is 7.14. The van der Waals surface area contributed by atoms with Gasteiger partial charge in [-0.05, 0) is 30.7 Å². The lowest BCUT2D eigenvalue weighted by molar-refractivity contribution is 0.101. The van der Waals surface area contributed by atoms with Crippen LogP contribution in [0.5, 0.6) is 0 Å². The molecule has 0 saturated heterocycles. The zero-order valence-corrected chi connectivity index (χ0v) is 14.7. The number of carbonyl (C=O) groups excluding carboxylic acids is 1. The molecule has 0 fully saturated rings. The second-order valence-corrected chi connectivity index (χ2v) is 7.57. The van der Waals surface area contributed by atoms with Gasteiger partial charge in [0, 0.05) is 18.9 Å². The van der Waals surface area contributed by atoms with E-state index in [9.17, 15) is 18.0 Å². The van der Waals surface area contributed by atoms with Crippen LogP contribution in [0, 0.1) is 0 Å². The van der Waals surface area contributed by atoms with Crippen LogP contribution in [-0.4, -0.2) is 30.4 Å². The molecule has 0 saturated carbocycles. The van der Waals surface area contributed by atoms with E-state index < -0.39 is 15.7 Å². The Kier molecular flexibility index (Phi) is 5.40. The van der Waals surface area contributed by atoms with Gasteiger partial charge in [0.05, 0.1) is 15.6 Å². The summed E-state index contributed by atoms with van der Waals surface area (Å²) in [6.45, 7) is 2.28. The van der Waals surface area contributed by atoms with Crippen LogP contribution in [0.4, 0.5) is 5.69 Å². The van der Waals surface area contributed by atoms with Crippen LogP contribution in [0.1, 0.15) is 23.8 Å². The monoisotopic (exact) mass is 369 g/mol. The number of benzene rings is 1. The number of aryl methyl sites for hydroxylation is 1. The normalized spacial score (nSPS) is 11.3. The standard InChI is InChI=1S/C15H16ClN3O4S/c1-3-8-19-14(20)7-6-12(18-19)15(21)17-13-9-10(24(2,22)23)4-5-11(13)16/h4-7,9H,3,8H2,1-2H3,(H,17,21). The summed E-state index contributed by atoms with van der Waals surface area (Å²) in [4.78, 5) is 24.0. The van der Waals surface area contributed by atoms with Crippen molar-refractivity contribution >= 4 is 33.0 Å². The number of nitrogens with zero attached hydrogens (tertiary/aromatic N) is 2. The number of anilines is 1. The van der Waals surface area contributed by atoms with Crippen molar-refractivity contribution < 1.29 is 13.2 Å². The van der Waals surface area contributed by atoms with Crippen molar-refractivity contribution in [1.82, 2.24) is 9.78 Å². The number of amides is 1. The second-order valence-electron chi connectivity index (χ2n) is 5.15. The maximum absolute atomic E-state index is 12.3. The van der Waals surface area contributed by atoms with Crippen molar-refractivity contribution in [3.05, 3.63) is 51.4 Å². The molecular weight excluding hydrogens is 354 g/mol. The van der Waals surface area contributed by atoms with Crippen LogP contribution in [0.15, 0.2) is 40.0 Å². The molecule has 1 aromatic heterocycles. The first kappa shape index (κ1) is 18.2. The summed E-state index contributed by atoms with van der Waals surface area (Å²) in [6, 6.07) is 6.58. The van der Waals surface area contributed by atoms with Gasteiger partial charge in [0.1, 0.15) is 5.69 Å². The van der Waals surface area contributed by atoms with Gasteiger partial charge in [-0.15, -0.1) is 0 Å². The molecule has 2 rings (SSSR count). The highest BCUT2D eigenvalue weighted by atomic mass is 35.5. The summed E-state index contributed by atoms with van der Waals surface area (Å²) < 4.78 is 24.4. The number of rotatable bonds is 5. The molecule has 9 heteroatoms. The van der Waals surface area contributed by atoms with Crippen LogP contribution in [0.25, 0.3) is 0 Å². The molecule has 0 aliphatic carbocycles. The highest BCUT2D eigenvalue weighted by Gasteiger charge is 2.15. The molecule has 24 heavy (non-hydrogen) atoms. The van der Waals surface area contributed by atoms with Crippen LogP contribution >= 0.6 is 11.6 Å². The van der Waals surface area contributed by atoms with Crippen LogP contribution in [0.2, 0.25) is 5.02 Å². The molecule has 128 valence electrons. The minimum absolute atomic E-state index is 0.0314. The average molecular weight is 370 g/mol. The van der Waals surface area contributed by atoms with Crippen molar-refractivity contribution in [1.29, 1.82) is 0 Å².